The van der Waals surface area contributed by atoms with E-state index in [-0.39, 0.29) is 30.0 Å². The third kappa shape index (κ3) is 4.78. The van der Waals surface area contributed by atoms with E-state index in [4.69, 9.17) is 4.74 Å². The molecule has 0 bridgehead atoms. The molecule has 1 N–H and O–H groups in total. The lowest BCUT2D eigenvalue weighted by Gasteiger charge is -2.54. The first-order chi connectivity index (χ1) is 20.1. The van der Waals surface area contributed by atoms with Crippen LogP contribution < -0.4 is 4.90 Å². The topological polar surface area (TPSA) is 62.1 Å². The largest absolute Gasteiger partial charge is 0.457 e. The number of hydrogen-bond donors (Lipinski definition) is 1. The fourth-order valence-electron chi connectivity index (χ4n) is 9.03. The van der Waals surface area contributed by atoms with Crippen molar-refractivity contribution in [2.75, 3.05) is 31.2 Å². The van der Waals surface area contributed by atoms with Crippen LogP contribution in [0, 0.1) is 34.5 Å². The number of Topliss-reactive ketones (excluding diaryl/α,β-unsaturated/α-hetero) is 1. The van der Waals surface area contributed by atoms with Crippen molar-refractivity contribution >= 4 is 17.2 Å². The molecule has 0 unspecified atom stereocenters. The monoisotopic (exact) mass is 580 g/mol. The van der Waals surface area contributed by atoms with Crippen LogP contribution in [0.2, 0.25) is 0 Å². The van der Waals surface area contributed by atoms with Gasteiger partial charge in [-0.05, 0) is 97.1 Å². The van der Waals surface area contributed by atoms with Gasteiger partial charge in [0.2, 0.25) is 0 Å². The SMILES string of the molecule is CCC(=O)[C@@]1(C#CC(F)(F)F)CC[C@H]2[C@@H]3CCC4=C/C(=N/O)CCC4=C3[C@@H](c3ccc(N4CCOCC4)cc3)C[C@@]21C. The lowest BCUT2D eigenvalue weighted by molar-refractivity contribution is -0.132. The predicted octanol–water partition coefficient (Wildman–Crippen LogP) is 7.22. The molecule has 224 valence electrons. The highest BCUT2D eigenvalue weighted by molar-refractivity contribution is 5.97. The van der Waals surface area contributed by atoms with E-state index in [1.165, 1.54) is 16.7 Å². The van der Waals surface area contributed by atoms with Gasteiger partial charge in [0.25, 0.3) is 0 Å². The fraction of sp³-hybridized carbons (Fsp3) is 0.588. The van der Waals surface area contributed by atoms with Crippen molar-refractivity contribution in [2.24, 2.45) is 27.8 Å². The van der Waals surface area contributed by atoms with Crippen LogP contribution in [-0.4, -0.2) is 49.2 Å². The number of oxime groups is 1. The van der Waals surface area contributed by atoms with Crippen LogP contribution >= 0.6 is 0 Å². The van der Waals surface area contributed by atoms with Gasteiger partial charge in [-0.2, -0.15) is 13.2 Å². The molecule has 0 aromatic heterocycles. The van der Waals surface area contributed by atoms with Crippen LogP contribution in [0.3, 0.4) is 0 Å². The molecule has 0 spiro atoms. The minimum absolute atomic E-state index is 0.0314. The average Bonchev–Trinajstić information content (AvgIpc) is 3.31. The van der Waals surface area contributed by atoms with Gasteiger partial charge in [0.15, 0.2) is 5.78 Å². The Kier molecular flexibility index (Phi) is 7.54. The Bertz CT molecular complexity index is 1390. The molecule has 5 nitrogen and oxygen atoms in total. The van der Waals surface area contributed by atoms with E-state index < -0.39 is 17.0 Å². The van der Waals surface area contributed by atoms with Gasteiger partial charge in [-0.25, -0.2) is 0 Å². The second-order valence-electron chi connectivity index (χ2n) is 12.8. The molecule has 0 amide bonds. The summed E-state index contributed by atoms with van der Waals surface area (Å²) in [5, 5.41) is 13.0. The van der Waals surface area contributed by atoms with Gasteiger partial charge in [-0.3, -0.25) is 4.79 Å². The summed E-state index contributed by atoms with van der Waals surface area (Å²) in [4.78, 5) is 16.0. The maximum Gasteiger partial charge on any atom is 0.457 e. The molecule has 4 aliphatic carbocycles. The van der Waals surface area contributed by atoms with Crippen molar-refractivity contribution in [2.45, 2.75) is 77.3 Å². The minimum atomic E-state index is -4.65. The van der Waals surface area contributed by atoms with Gasteiger partial charge in [0.05, 0.1) is 24.3 Å². The van der Waals surface area contributed by atoms with Crippen molar-refractivity contribution in [1.29, 1.82) is 0 Å². The Morgan fingerprint density at radius 1 is 1.14 bits per heavy atom. The van der Waals surface area contributed by atoms with Crippen molar-refractivity contribution in [1.82, 2.24) is 0 Å². The number of halogens is 3. The normalized spacial score (nSPS) is 33.7. The third-order valence-corrected chi connectivity index (χ3v) is 11.0. The molecule has 5 atom stereocenters. The molecule has 8 heteroatoms. The highest BCUT2D eigenvalue weighted by Gasteiger charge is 2.65. The van der Waals surface area contributed by atoms with Crippen molar-refractivity contribution < 1.29 is 27.9 Å². The number of ether oxygens (including phenoxy) is 1. The summed E-state index contributed by atoms with van der Waals surface area (Å²) in [5.41, 5.74) is 4.88. The number of alkyl halides is 3. The minimum Gasteiger partial charge on any atom is -0.411 e. The van der Waals surface area contributed by atoms with E-state index in [2.05, 4.69) is 47.2 Å². The van der Waals surface area contributed by atoms with Crippen molar-refractivity contribution in [3.8, 4) is 11.8 Å². The Balaban J connectivity index is 1.48. The number of morpholine rings is 1. The van der Waals surface area contributed by atoms with E-state index in [0.717, 1.165) is 43.6 Å². The molecule has 3 fully saturated rings. The van der Waals surface area contributed by atoms with Crippen LogP contribution in [0.1, 0.15) is 76.7 Å². The molecule has 0 radical (unpaired) electrons. The summed E-state index contributed by atoms with van der Waals surface area (Å²) in [6.45, 7) is 6.87. The molecule has 1 heterocycles. The molecule has 1 saturated heterocycles. The quantitative estimate of drug-likeness (QED) is 0.232. The number of rotatable bonds is 4. The predicted molar refractivity (Wildman–Crippen MR) is 156 cm³/mol. The Morgan fingerprint density at radius 2 is 1.88 bits per heavy atom. The van der Waals surface area contributed by atoms with Gasteiger partial charge in [0, 0.05) is 37.0 Å². The summed E-state index contributed by atoms with van der Waals surface area (Å²) in [6.07, 6.45) is 2.33. The highest BCUT2D eigenvalue weighted by atomic mass is 19.4. The number of ketones is 1. The standard InChI is InChI=1S/C34H39F3N2O3/c1-3-30(40)33(14-15-34(35,36)37)13-12-29-27-10-6-23-20-24(38-41)7-11-26(23)31(27)28(21-32(29,33)2)22-4-8-25(9-5-22)39-16-18-42-19-17-39/h4-5,8-9,20,27-29,41H,3,6-7,10-13,16-19,21H2,1-2H3/b38-24+/t27-,28+,29-,32-,33-/m0/s1. The number of fused-ring (bicyclic) bond motifs is 4. The summed E-state index contributed by atoms with van der Waals surface area (Å²) in [5.74, 6) is 4.22. The van der Waals surface area contributed by atoms with Crippen LogP contribution in [0.4, 0.5) is 18.9 Å². The van der Waals surface area contributed by atoms with Crippen LogP contribution in [0.5, 0.6) is 0 Å². The summed E-state index contributed by atoms with van der Waals surface area (Å²) >= 11 is 0. The Morgan fingerprint density at radius 3 is 2.55 bits per heavy atom. The number of anilines is 1. The molecule has 42 heavy (non-hydrogen) atoms. The first-order valence-corrected chi connectivity index (χ1v) is 15.3. The molecule has 1 aromatic carbocycles. The summed E-state index contributed by atoms with van der Waals surface area (Å²) in [6, 6.07) is 8.64. The maximum atomic E-state index is 13.7. The van der Waals surface area contributed by atoms with E-state index in [1.54, 1.807) is 12.8 Å². The zero-order chi connectivity index (χ0) is 29.7. The van der Waals surface area contributed by atoms with E-state index >= 15 is 0 Å². The number of benzene rings is 1. The van der Waals surface area contributed by atoms with E-state index in [0.29, 0.717) is 44.6 Å². The smallest absolute Gasteiger partial charge is 0.411 e. The third-order valence-electron chi connectivity index (χ3n) is 11.0. The molecular weight excluding hydrogens is 541 g/mol. The Labute approximate surface area is 245 Å². The molecule has 1 aromatic rings. The molecular formula is C34H39F3N2O3. The van der Waals surface area contributed by atoms with Crippen LogP contribution in [0.25, 0.3) is 0 Å². The van der Waals surface area contributed by atoms with Crippen molar-refractivity contribution in [3.05, 3.63) is 52.6 Å². The zero-order valence-electron chi connectivity index (χ0n) is 24.4. The van der Waals surface area contributed by atoms with Gasteiger partial charge in [-0.15, -0.1) is 0 Å². The second kappa shape index (κ2) is 10.9. The first kappa shape index (κ1) is 29.0. The van der Waals surface area contributed by atoms with Gasteiger partial charge < -0.3 is 14.8 Å². The molecule has 1 aliphatic heterocycles. The number of carbonyl (C=O) groups is 1. The number of hydrogen-bond acceptors (Lipinski definition) is 5. The van der Waals surface area contributed by atoms with E-state index in [9.17, 15) is 23.2 Å². The second-order valence-corrected chi connectivity index (χ2v) is 12.8. The number of carbonyl (C=O) groups excluding carboxylic acids is 1. The first-order valence-electron chi connectivity index (χ1n) is 15.3. The fourth-order valence-corrected chi connectivity index (χ4v) is 9.03. The van der Waals surface area contributed by atoms with Gasteiger partial charge in [0.1, 0.15) is 0 Å². The molecule has 2 saturated carbocycles. The lowest BCUT2D eigenvalue weighted by Crippen LogP contribution is -2.50. The van der Waals surface area contributed by atoms with E-state index in [1.807, 2.05) is 6.08 Å². The summed E-state index contributed by atoms with van der Waals surface area (Å²) < 4.78 is 46.0. The molecule has 6 rings (SSSR count). The average molecular weight is 581 g/mol. The lowest BCUT2D eigenvalue weighted by atomic mass is 9.48. The van der Waals surface area contributed by atoms with Gasteiger partial charge >= 0.3 is 6.18 Å². The number of nitrogens with zero attached hydrogens (tertiary/aromatic N) is 2. The van der Waals surface area contributed by atoms with Crippen LogP contribution in [-0.2, 0) is 9.53 Å². The summed E-state index contributed by atoms with van der Waals surface area (Å²) in [7, 11) is 0. The molecule has 5 aliphatic rings. The highest BCUT2D eigenvalue weighted by Crippen LogP contribution is 2.70. The zero-order valence-corrected chi connectivity index (χ0v) is 24.4. The van der Waals surface area contributed by atoms with Gasteiger partial charge in [-0.1, -0.05) is 42.6 Å². The Hall–Kier alpha value is -3.05. The maximum absolute atomic E-state index is 13.7. The van der Waals surface area contributed by atoms with Crippen molar-refractivity contribution in [3.63, 3.8) is 0 Å². The number of allylic oxidation sites excluding steroid dienone is 4. The van der Waals surface area contributed by atoms with Crippen LogP contribution in [0.15, 0.2) is 52.2 Å².